The fourth-order valence-electron chi connectivity index (χ4n) is 2.09. The van der Waals surface area contributed by atoms with E-state index >= 15 is 0 Å². The number of hydrogen-bond acceptors (Lipinski definition) is 4. The van der Waals surface area contributed by atoms with Gasteiger partial charge in [-0.25, -0.2) is 9.97 Å². The van der Waals surface area contributed by atoms with Crippen molar-refractivity contribution in [3.63, 3.8) is 0 Å². The van der Waals surface area contributed by atoms with Gasteiger partial charge in [0, 0.05) is 30.7 Å². The van der Waals surface area contributed by atoms with Gasteiger partial charge in [0.1, 0.15) is 5.82 Å². The second kappa shape index (κ2) is 6.11. The minimum atomic E-state index is 0.230. The summed E-state index contributed by atoms with van der Waals surface area (Å²) in [6.07, 6.45) is 5.94. The molecule has 18 heavy (non-hydrogen) atoms. The van der Waals surface area contributed by atoms with Crippen molar-refractivity contribution in [2.45, 2.75) is 39.3 Å². The largest absolute Gasteiger partial charge is 0.334 e. The summed E-state index contributed by atoms with van der Waals surface area (Å²) < 4.78 is 2.22. The van der Waals surface area contributed by atoms with Crippen molar-refractivity contribution in [3.05, 3.63) is 34.3 Å². The first-order valence-electron chi connectivity index (χ1n) is 6.34. The fraction of sp³-hybridized carbons (Fsp3) is 0.538. The molecule has 1 unspecified atom stereocenters. The van der Waals surface area contributed by atoms with Crippen molar-refractivity contribution in [2.75, 3.05) is 7.05 Å². The van der Waals surface area contributed by atoms with Crippen molar-refractivity contribution in [2.24, 2.45) is 0 Å². The standard InChI is InChI=1S/C13H20N4S/c1-4-6-17-7-5-15-13(17)12(14-3)8-11-9-18-10(2)16-11/h5,7,9,12,14H,4,6,8H2,1-3H3. The lowest BCUT2D eigenvalue weighted by molar-refractivity contribution is 0.509. The molecule has 0 saturated heterocycles. The third kappa shape index (κ3) is 2.97. The molecule has 5 heteroatoms. The first-order chi connectivity index (χ1) is 8.74. The van der Waals surface area contributed by atoms with Crippen molar-refractivity contribution in [1.29, 1.82) is 0 Å². The average Bonchev–Trinajstić information content (AvgIpc) is 2.96. The summed E-state index contributed by atoms with van der Waals surface area (Å²) in [5.41, 5.74) is 1.14. The number of aromatic nitrogens is 3. The number of likely N-dealkylation sites (N-methyl/N-ethyl adjacent to an activating group) is 1. The number of thiazole rings is 1. The zero-order valence-corrected chi connectivity index (χ0v) is 12.0. The quantitative estimate of drug-likeness (QED) is 0.872. The Hall–Kier alpha value is -1.20. The van der Waals surface area contributed by atoms with Gasteiger partial charge in [0.05, 0.1) is 16.7 Å². The van der Waals surface area contributed by atoms with E-state index in [1.54, 1.807) is 11.3 Å². The molecule has 0 aromatic carbocycles. The number of nitrogens with one attached hydrogen (secondary N) is 1. The van der Waals surface area contributed by atoms with E-state index < -0.39 is 0 Å². The van der Waals surface area contributed by atoms with Crippen LogP contribution in [0.4, 0.5) is 0 Å². The minimum absolute atomic E-state index is 0.230. The number of rotatable bonds is 6. The normalized spacial score (nSPS) is 12.8. The van der Waals surface area contributed by atoms with Gasteiger partial charge in [-0.3, -0.25) is 0 Å². The summed E-state index contributed by atoms with van der Waals surface area (Å²) in [6.45, 7) is 5.24. The Morgan fingerprint density at radius 3 is 2.94 bits per heavy atom. The molecule has 0 spiro atoms. The van der Waals surface area contributed by atoms with Crippen LogP contribution >= 0.6 is 11.3 Å². The molecule has 1 atom stereocenters. The number of aryl methyl sites for hydroxylation is 2. The van der Waals surface area contributed by atoms with Crippen LogP contribution in [0.3, 0.4) is 0 Å². The molecule has 0 fully saturated rings. The summed E-state index contributed by atoms with van der Waals surface area (Å²) in [5, 5.41) is 6.60. The highest BCUT2D eigenvalue weighted by Crippen LogP contribution is 2.18. The van der Waals surface area contributed by atoms with Crippen LogP contribution in [0.2, 0.25) is 0 Å². The summed E-state index contributed by atoms with van der Waals surface area (Å²) >= 11 is 1.70. The Labute approximate surface area is 112 Å². The summed E-state index contributed by atoms with van der Waals surface area (Å²) in [5.74, 6) is 1.10. The van der Waals surface area contributed by atoms with Crippen LogP contribution in [0.5, 0.6) is 0 Å². The SMILES string of the molecule is CCCn1ccnc1C(Cc1csc(C)n1)NC. The first kappa shape index (κ1) is 13.2. The molecule has 0 amide bonds. The van der Waals surface area contributed by atoms with E-state index in [2.05, 4.69) is 38.4 Å². The zero-order chi connectivity index (χ0) is 13.0. The van der Waals surface area contributed by atoms with Crippen LogP contribution in [-0.2, 0) is 13.0 Å². The van der Waals surface area contributed by atoms with Gasteiger partial charge in [0.25, 0.3) is 0 Å². The van der Waals surface area contributed by atoms with Crippen molar-refractivity contribution >= 4 is 11.3 Å². The van der Waals surface area contributed by atoms with Gasteiger partial charge in [-0.1, -0.05) is 6.92 Å². The molecule has 2 aromatic heterocycles. The number of nitrogens with zero attached hydrogens (tertiary/aromatic N) is 3. The van der Waals surface area contributed by atoms with Gasteiger partial charge in [-0.15, -0.1) is 11.3 Å². The summed E-state index contributed by atoms with van der Waals surface area (Å²) in [4.78, 5) is 9.01. The second-order valence-electron chi connectivity index (χ2n) is 4.38. The zero-order valence-electron chi connectivity index (χ0n) is 11.2. The van der Waals surface area contributed by atoms with Gasteiger partial charge in [-0.05, 0) is 20.4 Å². The molecule has 1 N–H and O–H groups in total. The molecule has 4 nitrogen and oxygen atoms in total. The third-order valence-electron chi connectivity index (χ3n) is 2.95. The monoisotopic (exact) mass is 264 g/mol. The molecule has 0 aliphatic carbocycles. The second-order valence-corrected chi connectivity index (χ2v) is 5.44. The maximum Gasteiger partial charge on any atom is 0.126 e. The Balaban J connectivity index is 2.14. The molecule has 98 valence electrons. The molecule has 2 rings (SSSR count). The average molecular weight is 264 g/mol. The van der Waals surface area contributed by atoms with Gasteiger partial charge in [0.15, 0.2) is 0 Å². The lowest BCUT2D eigenvalue weighted by Crippen LogP contribution is -2.23. The molecule has 0 aliphatic rings. The first-order valence-corrected chi connectivity index (χ1v) is 7.21. The predicted octanol–water partition coefficient (Wildman–Crippen LogP) is 2.56. The fourth-order valence-corrected chi connectivity index (χ4v) is 2.72. The van der Waals surface area contributed by atoms with Crippen LogP contribution in [0.25, 0.3) is 0 Å². The van der Waals surface area contributed by atoms with Crippen LogP contribution in [0.1, 0.15) is 35.9 Å². The predicted molar refractivity (Wildman–Crippen MR) is 74.9 cm³/mol. The maximum absolute atomic E-state index is 4.53. The molecular formula is C13H20N4S. The Morgan fingerprint density at radius 1 is 1.50 bits per heavy atom. The summed E-state index contributed by atoms with van der Waals surface area (Å²) in [7, 11) is 1.98. The van der Waals surface area contributed by atoms with E-state index in [0.29, 0.717) is 0 Å². The third-order valence-corrected chi connectivity index (χ3v) is 3.77. The highest BCUT2D eigenvalue weighted by atomic mass is 32.1. The van der Waals surface area contributed by atoms with E-state index in [-0.39, 0.29) is 6.04 Å². The van der Waals surface area contributed by atoms with Gasteiger partial charge in [0.2, 0.25) is 0 Å². The molecule has 0 aliphatic heterocycles. The number of hydrogen-bond donors (Lipinski definition) is 1. The highest BCUT2D eigenvalue weighted by molar-refractivity contribution is 7.09. The Kier molecular flexibility index (Phi) is 4.49. The minimum Gasteiger partial charge on any atom is -0.334 e. The smallest absolute Gasteiger partial charge is 0.126 e. The van der Waals surface area contributed by atoms with Gasteiger partial charge in [-0.2, -0.15) is 0 Å². The highest BCUT2D eigenvalue weighted by Gasteiger charge is 2.16. The van der Waals surface area contributed by atoms with Crippen LogP contribution < -0.4 is 5.32 Å². The van der Waals surface area contributed by atoms with Crippen molar-refractivity contribution < 1.29 is 0 Å². The van der Waals surface area contributed by atoms with E-state index in [1.165, 1.54) is 0 Å². The topological polar surface area (TPSA) is 42.7 Å². The van der Waals surface area contributed by atoms with Gasteiger partial charge < -0.3 is 9.88 Å². The molecule has 2 heterocycles. The molecule has 0 saturated carbocycles. The van der Waals surface area contributed by atoms with Crippen molar-refractivity contribution in [3.8, 4) is 0 Å². The molecule has 0 bridgehead atoms. The molecular weight excluding hydrogens is 244 g/mol. The van der Waals surface area contributed by atoms with Crippen LogP contribution in [0.15, 0.2) is 17.8 Å². The van der Waals surface area contributed by atoms with E-state index in [4.69, 9.17) is 0 Å². The van der Waals surface area contributed by atoms with Crippen LogP contribution in [0, 0.1) is 6.92 Å². The van der Waals surface area contributed by atoms with Crippen molar-refractivity contribution in [1.82, 2.24) is 19.9 Å². The van der Waals surface area contributed by atoms with E-state index in [0.717, 1.165) is 35.9 Å². The van der Waals surface area contributed by atoms with E-state index in [9.17, 15) is 0 Å². The maximum atomic E-state index is 4.53. The Morgan fingerprint density at radius 2 is 2.33 bits per heavy atom. The molecule has 0 radical (unpaired) electrons. The Bertz CT molecular complexity index is 489. The lowest BCUT2D eigenvalue weighted by Gasteiger charge is -2.16. The van der Waals surface area contributed by atoms with E-state index in [1.807, 2.05) is 20.2 Å². The number of imidazole rings is 1. The molecule has 2 aromatic rings. The van der Waals surface area contributed by atoms with Gasteiger partial charge >= 0.3 is 0 Å². The lowest BCUT2D eigenvalue weighted by atomic mass is 10.1. The van der Waals surface area contributed by atoms with Crippen LogP contribution in [-0.4, -0.2) is 21.6 Å². The summed E-state index contributed by atoms with van der Waals surface area (Å²) in [6, 6.07) is 0.230.